The van der Waals surface area contributed by atoms with E-state index in [1.165, 1.54) is 0 Å². The summed E-state index contributed by atoms with van der Waals surface area (Å²) < 4.78 is 18.0. The molecule has 1 atom stereocenters. The zero-order valence-corrected chi connectivity index (χ0v) is 20.5. The Morgan fingerprint density at radius 1 is 1.08 bits per heavy atom. The third-order valence-electron chi connectivity index (χ3n) is 6.12. The number of hydrogen-bond donors (Lipinski definition) is 1. The second-order valence-corrected chi connectivity index (χ2v) is 8.28. The van der Waals surface area contributed by atoms with Crippen LogP contribution in [0.25, 0.3) is 17.2 Å². The van der Waals surface area contributed by atoms with Gasteiger partial charge in [0.1, 0.15) is 11.6 Å². The maximum absolute atomic E-state index is 12.8. The number of hydrogen-bond acceptors (Lipinski definition) is 8. The largest absolute Gasteiger partial charge is 0.497 e. The number of aromatic nitrogens is 5. The van der Waals surface area contributed by atoms with Gasteiger partial charge in [-0.25, -0.2) is 4.98 Å². The van der Waals surface area contributed by atoms with Crippen molar-refractivity contribution < 1.29 is 19.0 Å². The molecule has 36 heavy (non-hydrogen) atoms. The van der Waals surface area contributed by atoms with E-state index in [9.17, 15) is 4.79 Å². The Morgan fingerprint density at radius 3 is 2.61 bits per heavy atom. The van der Waals surface area contributed by atoms with Gasteiger partial charge in [-0.2, -0.15) is 14.9 Å². The molecule has 0 radical (unpaired) electrons. The molecule has 0 saturated carbocycles. The number of anilines is 1. The second kappa shape index (κ2) is 9.65. The summed E-state index contributed by atoms with van der Waals surface area (Å²) in [6.07, 6.45) is 1.86. The molecule has 1 unspecified atom stereocenters. The number of nitrogens with zero attached hydrogens (tertiary/aromatic N) is 5. The van der Waals surface area contributed by atoms with E-state index in [4.69, 9.17) is 14.2 Å². The Labute approximate surface area is 208 Å². The molecular weight excluding hydrogens is 460 g/mol. The van der Waals surface area contributed by atoms with Crippen LogP contribution in [-0.4, -0.2) is 51.7 Å². The summed E-state index contributed by atoms with van der Waals surface area (Å²) in [6.45, 7) is 4.36. The molecule has 0 saturated heterocycles. The van der Waals surface area contributed by atoms with Crippen LogP contribution in [0.15, 0.2) is 48.7 Å². The van der Waals surface area contributed by atoms with Crippen LogP contribution >= 0.6 is 0 Å². The highest BCUT2D eigenvalue weighted by molar-refractivity contribution is 5.95. The van der Waals surface area contributed by atoms with E-state index in [0.29, 0.717) is 29.6 Å². The quantitative estimate of drug-likeness (QED) is 0.418. The van der Waals surface area contributed by atoms with Crippen LogP contribution in [0, 0.1) is 6.92 Å². The van der Waals surface area contributed by atoms with Gasteiger partial charge in [-0.15, -0.1) is 5.10 Å². The van der Waals surface area contributed by atoms with Crippen LogP contribution in [0.2, 0.25) is 0 Å². The predicted molar refractivity (Wildman–Crippen MR) is 133 cm³/mol. The average Bonchev–Trinajstić information content (AvgIpc) is 3.24. The molecule has 2 aromatic carbocycles. The molecular formula is C26H26N6O4. The number of benzene rings is 2. The number of nitrogens with one attached hydrogen (secondary N) is 1. The molecule has 0 bridgehead atoms. The van der Waals surface area contributed by atoms with E-state index < -0.39 is 0 Å². The van der Waals surface area contributed by atoms with Crippen molar-refractivity contribution in [1.29, 1.82) is 0 Å². The summed E-state index contributed by atoms with van der Waals surface area (Å²) >= 11 is 0. The highest BCUT2D eigenvalue weighted by Crippen LogP contribution is 2.42. The lowest BCUT2D eigenvalue weighted by molar-refractivity contribution is -0.116. The number of carbonyl (C=O) groups excluding carboxylic acids is 1. The standard InChI is InChI=1S/C26H26N6O4/c1-5-36-21-11-8-17(12-22(21)35-4)19-13-23(33)29-25-24(19)15(2)31-32(25)26-28-20(14-27-30-26)16-6-9-18(34-3)10-7-16/h6-12,14,19H,5,13H2,1-4H3,(H,29,33). The molecule has 184 valence electrons. The van der Waals surface area contributed by atoms with Gasteiger partial charge in [-0.05, 0) is 55.8 Å². The number of ether oxygens (including phenoxy) is 3. The smallest absolute Gasteiger partial charge is 0.272 e. The lowest BCUT2D eigenvalue weighted by Gasteiger charge is -2.24. The van der Waals surface area contributed by atoms with Crippen molar-refractivity contribution in [2.75, 3.05) is 26.1 Å². The molecule has 0 fully saturated rings. The lowest BCUT2D eigenvalue weighted by atomic mass is 9.85. The Balaban J connectivity index is 1.56. The second-order valence-electron chi connectivity index (χ2n) is 8.28. The summed E-state index contributed by atoms with van der Waals surface area (Å²) in [5, 5.41) is 16.0. The zero-order chi connectivity index (χ0) is 25.2. The van der Waals surface area contributed by atoms with Gasteiger partial charge in [-0.1, -0.05) is 6.07 Å². The van der Waals surface area contributed by atoms with Crippen molar-refractivity contribution in [3.05, 3.63) is 65.5 Å². The number of amides is 1. The molecule has 4 aromatic rings. The normalized spacial score (nSPS) is 14.7. The summed E-state index contributed by atoms with van der Waals surface area (Å²) in [7, 11) is 3.22. The lowest BCUT2D eigenvalue weighted by Crippen LogP contribution is -2.25. The van der Waals surface area contributed by atoms with E-state index >= 15 is 0 Å². The molecule has 1 aliphatic rings. The van der Waals surface area contributed by atoms with Gasteiger partial charge < -0.3 is 19.5 Å². The van der Waals surface area contributed by atoms with Crippen molar-refractivity contribution in [3.8, 4) is 34.5 Å². The molecule has 1 N–H and O–H groups in total. The molecule has 0 aliphatic carbocycles. The minimum atomic E-state index is -0.218. The molecule has 1 amide bonds. The van der Waals surface area contributed by atoms with Crippen LogP contribution in [0.4, 0.5) is 5.82 Å². The highest BCUT2D eigenvalue weighted by Gasteiger charge is 2.33. The fourth-order valence-corrected chi connectivity index (χ4v) is 4.44. The van der Waals surface area contributed by atoms with Crippen molar-refractivity contribution in [1.82, 2.24) is 25.0 Å². The van der Waals surface area contributed by atoms with Gasteiger partial charge in [0, 0.05) is 23.5 Å². The zero-order valence-electron chi connectivity index (χ0n) is 20.5. The third-order valence-corrected chi connectivity index (χ3v) is 6.12. The number of aryl methyl sites for hydroxylation is 1. The van der Waals surface area contributed by atoms with Gasteiger partial charge in [-0.3, -0.25) is 4.79 Å². The van der Waals surface area contributed by atoms with E-state index in [2.05, 4.69) is 25.6 Å². The van der Waals surface area contributed by atoms with E-state index in [-0.39, 0.29) is 24.2 Å². The molecule has 10 heteroatoms. The summed E-state index contributed by atoms with van der Waals surface area (Å²) in [5.41, 5.74) is 4.08. The van der Waals surface area contributed by atoms with Gasteiger partial charge in [0.2, 0.25) is 5.91 Å². The summed E-state index contributed by atoms with van der Waals surface area (Å²) in [4.78, 5) is 17.5. The minimum absolute atomic E-state index is 0.124. The van der Waals surface area contributed by atoms with Crippen molar-refractivity contribution in [2.45, 2.75) is 26.2 Å². The van der Waals surface area contributed by atoms with Gasteiger partial charge in [0.15, 0.2) is 11.5 Å². The van der Waals surface area contributed by atoms with Crippen LogP contribution in [0.5, 0.6) is 17.2 Å². The minimum Gasteiger partial charge on any atom is -0.497 e. The number of rotatable bonds is 7. The van der Waals surface area contributed by atoms with Crippen molar-refractivity contribution in [2.24, 2.45) is 0 Å². The van der Waals surface area contributed by atoms with Gasteiger partial charge >= 0.3 is 0 Å². The summed E-state index contributed by atoms with van der Waals surface area (Å²) in [5.74, 6) is 2.48. The first-order valence-electron chi connectivity index (χ1n) is 11.6. The maximum atomic E-state index is 12.8. The van der Waals surface area contributed by atoms with Crippen LogP contribution in [0.1, 0.15) is 36.1 Å². The molecule has 5 rings (SSSR count). The van der Waals surface area contributed by atoms with E-state index in [1.54, 1.807) is 25.1 Å². The van der Waals surface area contributed by atoms with E-state index in [1.807, 2.05) is 56.3 Å². The Morgan fingerprint density at radius 2 is 1.89 bits per heavy atom. The maximum Gasteiger partial charge on any atom is 0.272 e. The number of carbonyl (C=O) groups is 1. The Kier molecular flexibility index (Phi) is 6.24. The SMILES string of the molecule is CCOc1ccc(C2CC(=O)Nc3c2c(C)nn3-c2nncc(-c3ccc(OC)cc3)n2)cc1OC. The molecule has 3 heterocycles. The fraction of sp³-hybridized carbons (Fsp3) is 0.269. The topological polar surface area (TPSA) is 113 Å². The first-order chi connectivity index (χ1) is 17.5. The van der Waals surface area contributed by atoms with Crippen LogP contribution in [-0.2, 0) is 4.79 Å². The summed E-state index contributed by atoms with van der Waals surface area (Å²) in [6, 6.07) is 13.2. The number of methoxy groups -OCH3 is 2. The number of fused-ring (bicyclic) bond motifs is 1. The highest BCUT2D eigenvalue weighted by atomic mass is 16.5. The molecule has 10 nitrogen and oxygen atoms in total. The monoisotopic (exact) mass is 486 g/mol. The first-order valence-corrected chi connectivity index (χ1v) is 11.6. The molecule has 1 aliphatic heterocycles. The van der Waals surface area contributed by atoms with Gasteiger partial charge in [0.25, 0.3) is 5.95 Å². The van der Waals surface area contributed by atoms with Crippen LogP contribution in [0.3, 0.4) is 0 Å². The third kappa shape index (κ3) is 4.21. The molecule has 0 spiro atoms. The van der Waals surface area contributed by atoms with E-state index in [0.717, 1.165) is 28.1 Å². The average molecular weight is 487 g/mol. The van der Waals surface area contributed by atoms with Crippen molar-refractivity contribution in [3.63, 3.8) is 0 Å². The first kappa shape index (κ1) is 23.3. The fourth-order valence-electron chi connectivity index (χ4n) is 4.44. The molecule has 2 aromatic heterocycles. The van der Waals surface area contributed by atoms with Gasteiger partial charge in [0.05, 0.1) is 38.4 Å². The van der Waals surface area contributed by atoms with Crippen molar-refractivity contribution >= 4 is 11.7 Å². The predicted octanol–water partition coefficient (Wildman–Crippen LogP) is 3.92. The Bertz CT molecular complexity index is 1420. The Hall–Kier alpha value is -4.47. The van der Waals surface area contributed by atoms with Crippen LogP contribution < -0.4 is 19.5 Å².